The lowest BCUT2D eigenvalue weighted by molar-refractivity contribution is 0.670. The van der Waals surface area contributed by atoms with Crippen LogP contribution in [0.15, 0.2) is 180 Å². The van der Waals surface area contributed by atoms with E-state index in [4.69, 9.17) is 9.40 Å². The van der Waals surface area contributed by atoms with Gasteiger partial charge in [0, 0.05) is 43.6 Å². The van der Waals surface area contributed by atoms with Crippen LogP contribution in [0.5, 0.6) is 0 Å². The minimum Gasteiger partial charge on any atom is -0.455 e. The lowest BCUT2D eigenvalue weighted by Crippen LogP contribution is -1.95. The van der Waals surface area contributed by atoms with Gasteiger partial charge >= 0.3 is 0 Å². The predicted molar refractivity (Wildman–Crippen MR) is 211 cm³/mol. The first-order valence-corrected chi connectivity index (χ1v) is 17.3. The van der Waals surface area contributed by atoms with Crippen molar-refractivity contribution in [1.29, 1.82) is 0 Å². The van der Waals surface area contributed by atoms with Gasteiger partial charge in [0.1, 0.15) is 11.2 Å². The van der Waals surface area contributed by atoms with Crippen molar-refractivity contribution in [3.63, 3.8) is 0 Å². The zero-order valence-electron chi connectivity index (χ0n) is 27.5. The van der Waals surface area contributed by atoms with Gasteiger partial charge in [-0.05, 0) is 83.9 Å². The summed E-state index contributed by atoms with van der Waals surface area (Å²) in [7, 11) is 0. The Bertz CT molecular complexity index is 3130. The average Bonchev–Trinajstić information content (AvgIpc) is 3.86. The van der Waals surface area contributed by atoms with Crippen molar-refractivity contribution in [2.45, 2.75) is 0 Å². The van der Waals surface area contributed by atoms with Gasteiger partial charge in [0.25, 0.3) is 0 Å². The van der Waals surface area contributed by atoms with Crippen molar-refractivity contribution >= 4 is 65.6 Å². The Morgan fingerprint density at radius 2 is 0.961 bits per heavy atom. The minimum absolute atomic E-state index is 0.867. The average molecular weight is 652 g/mol. The molecule has 0 atom stereocenters. The molecule has 238 valence electrons. The molecule has 0 fully saturated rings. The maximum atomic E-state index is 6.32. The number of aromatic nitrogens is 3. The number of hydrogen-bond donors (Lipinski definition) is 0. The van der Waals surface area contributed by atoms with Gasteiger partial charge in [0.15, 0.2) is 0 Å². The summed E-state index contributed by atoms with van der Waals surface area (Å²) in [5.74, 6) is 0. The summed E-state index contributed by atoms with van der Waals surface area (Å²) in [5.41, 5.74) is 12.9. The maximum absolute atomic E-state index is 6.32. The third kappa shape index (κ3) is 4.17. The second-order valence-corrected chi connectivity index (χ2v) is 13.2. The molecule has 0 saturated carbocycles. The Morgan fingerprint density at radius 1 is 0.392 bits per heavy atom. The Kier molecular flexibility index (Phi) is 5.92. The Labute approximate surface area is 293 Å². The fourth-order valence-electron chi connectivity index (χ4n) is 8.06. The largest absolute Gasteiger partial charge is 0.455 e. The van der Waals surface area contributed by atoms with Gasteiger partial charge in [-0.15, -0.1) is 0 Å². The van der Waals surface area contributed by atoms with Gasteiger partial charge < -0.3 is 13.6 Å². The van der Waals surface area contributed by atoms with E-state index in [-0.39, 0.29) is 0 Å². The van der Waals surface area contributed by atoms with Crippen LogP contribution < -0.4 is 0 Å². The zero-order valence-corrected chi connectivity index (χ0v) is 27.5. The molecule has 0 N–H and O–H groups in total. The Balaban J connectivity index is 1.04. The number of fused-ring (bicyclic) bond motifs is 9. The van der Waals surface area contributed by atoms with Gasteiger partial charge in [0.2, 0.25) is 0 Å². The van der Waals surface area contributed by atoms with Crippen LogP contribution in [0.25, 0.3) is 99.3 Å². The highest BCUT2D eigenvalue weighted by Gasteiger charge is 2.17. The van der Waals surface area contributed by atoms with Crippen molar-refractivity contribution in [2.24, 2.45) is 0 Å². The highest BCUT2D eigenvalue weighted by Crippen LogP contribution is 2.39. The Morgan fingerprint density at radius 3 is 1.63 bits per heavy atom. The monoisotopic (exact) mass is 651 g/mol. The van der Waals surface area contributed by atoms with Gasteiger partial charge in [-0.3, -0.25) is 4.98 Å². The van der Waals surface area contributed by atoms with Gasteiger partial charge in [0.05, 0.1) is 39.6 Å². The molecule has 0 saturated heterocycles. The van der Waals surface area contributed by atoms with Gasteiger partial charge in [-0.25, -0.2) is 0 Å². The molecule has 0 unspecified atom stereocenters. The highest BCUT2D eigenvalue weighted by atomic mass is 16.3. The summed E-state index contributed by atoms with van der Waals surface area (Å²) in [6.45, 7) is 0. The fourth-order valence-corrected chi connectivity index (χ4v) is 8.06. The first-order valence-electron chi connectivity index (χ1n) is 17.3. The zero-order chi connectivity index (χ0) is 33.5. The molecule has 0 aliphatic heterocycles. The van der Waals surface area contributed by atoms with E-state index in [0.29, 0.717) is 0 Å². The van der Waals surface area contributed by atoms with Gasteiger partial charge in [-0.1, -0.05) is 97.1 Å². The van der Waals surface area contributed by atoms with Crippen molar-refractivity contribution in [3.05, 3.63) is 176 Å². The van der Waals surface area contributed by atoms with E-state index in [1.165, 1.54) is 49.4 Å². The molecule has 0 amide bonds. The van der Waals surface area contributed by atoms with Crippen LogP contribution in [-0.2, 0) is 0 Å². The molecule has 0 aliphatic rings. The van der Waals surface area contributed by atoms with Crippen molar-refractivity contribution in [2.75, 3.05) is 0 Å². The molecule has 7 aromatic carbocycles. The number of para-hydroxylation sites is 5. The summed E-state index contributed by atoms with van der Waals surface area (Å²) in [6.07, 6.45) is 1.98. The number of pyridine rings is 1. The normalized spacial score (nSPS) is 11.9. The summed E-state index contributed by atoms with van der Waals surface area (Å²) in [4.78, 5) is 5.00. The van der Waals surface area contributed by atoms with E-state index < -0.39 is 0 Å². The van der Waals surface area contributed by atoms with Crippen molar-refractivity contribution in [1.82, 2.24) is 14.1 Å². The van der Waals surface area contributed by atoms with Gasteiger partial charge in [-0.2, -0.15) is 0 Å². The van der Waals surface area contributed by atoms with Crippen LogP contribution in [-0.4, -0.2) is 14.1 Å². The standard InChI is InChI=1S/C47H29N3O/c1-2-11-32(12-3-1)49-42-18-7-4-13-34(42)39-27-30(21-25-44(39)49)31-22-26-45-40(28-31)35-14-5-8-19-43(35)50(45)33-23-24-41(48-29-33)38-17-10-16-37-36-15-6-9-20-46(36)51-47(37)38/h1-29H. The summed E-state index contributed by atoms with van der Waals surface area (Å²) < 4.78 is 11.0. The molecule has 0 aliphatic carbocycles. The molecule has 4 nitrogen and oxygen atoms in total. The van der Waals surface area contributed by atoms with E-state index in [1.807, 2.05) is 18.3 Å². The van der Waals surface area contributed by atoms with Crippen LogP contribution in [0.3, 0.4) is 0 Å². The maximum Gasteiger partial charge on any atom is 0.144 e. The van der Waals surface area contributed by atoms with E-state index in [9.17, 15) is 0 Å². The molecule has 0 radical (unpaired) electrons. The number of rotatable bonds is 4. The molecule has 0 bridgehead atoms. The smallest absolute Gasteiger partial charge is 0.144 e. The van der Waals surface area contributed by atoms with Crippen molar-refractivity contribution < 1.29 is 4.42 Å². The fraction of sp³-hybridized carbons (Fsp3) is 0. The van der Waals surface area contributed by atoms with Crippen LogP contribution >= 0.6 is 0 Å². The quantitative estimate of drug-likeness (QED) is 0.190. The van der Waals surface area contributed by atoms with Crippen LogP contribution in [0.4, 0.5) is 0 Å². The SMILES string of the molecule is c1ccc(-n2c3ccccc3c3cc(-c4ccc5c(c4)c4ccccc4n5-c4ccc(-c5cccc6c5oc5ccccc56)nc4)ccc32)cc1. The van der Waals surface area contributed by atoms with E-state index >= 15 is 0 Å². The number of nitrogens with zero attached hydrogens (tertiary/aromatic N) is 3. The lowest BCUT2D eigenvalue weighted by atomic mass is 10.0. The van der Waals surface area contributed by atoms with Crippen LogP contribution in [0, 0.1) is 0 Å². The molecule has 11 aromatic rings. The molecule has 11 rings (SSSR count). The summed E-state index contributed by atoms with van der Waals surface area (Å²) in [6, 6.07) is 60.4. The molecule has 51 heavy (non-hydrogen) atoms. The van der Waals surface area contributed by atoms with Crippen molar-refractivity contribution in [3.8, 4) is 33.8 Å². The second kappa shape index (κ2) is 10.8. The summed E-state index contributed by atoms with van der Waals surface area (Å²) >= 11 is 0. The topological polar surface area (TPSA) is 35.9 Å². The lowest BCUT2D eigenvalue weighted by Gasteiger charge is -2.10. The predicted octanol–water partition coefficient (Wildman–Crippen LogP) is 12.5. The number of hydrogen-bond acceptors (Lipinski definition) is 2. The molecule has 4 heteroatoms. The number of benzene rings is 7. The second-order valence-electron chi connectivity index (χ2n) is 13.2. The molecule has 4 heterocycles. The van der Waals surface area contributed by atoms with Crippen LogP contribution in [0.1, 0.15) is 0 Å². The van der Waals surface area contributed by atoms with E-state index in [1.54, 1.807) is 0 Å². The Hall–Kier alpha value is -6.91. The first-order chi connectivity index (χ1) is 25.3. The van der Waals surface area contributed by atoms with E-state index in [0.717, 1.165) is 49.9 Å². The molecule has 0 spiro atoms. The summed E-state index contributed by atoms with van der Waals surface area (Å²) in [5, 5.41) is 7.16. The van der Waals surface area contributed by atoms with E-state index in [2.05, 4.69) is 167 Å². The minimum atomic E-state index is 0.867. The highest BCUT2D eigenvalue weighted by molar-refractivity contribution is 6.13. The first kappa shape index (κ1) is 28.0. The van der Waals surface area contributed by atoms with Crippen LogP contribution in [0.2, 0.25) is 0 Å². The molecular formula is C47H29N3O. The third-order valence-electron chi connectivity index (χ3n) is 10.4. The third-order valence-corrected chi connectivity index (χ3v) is 10.4. The molecular weight excluding hydrogens is 623 g/mol. The number of furan rings is 1. The molecule has 4 aromatic heterocycles.